The summed E-state index contributed by atoms with van der Waals surface area (Å²) < 4.78 is 10.6. The number of hydrogen-bond donors (Lipinski definition) is 0. The number of hydrogen-bond acceptors (Lipinski definition) is 3. The van der Waals surface area contributed by atoms with Gasteiger partial charge in [0.15, 0.2) is 11.5 Å². The summed E-state index contributed by atoms with van der Waals surface area (Å²) in [6.07, 6.45) is 3.91. The Hall–Kier alpha value is -1.22. The van der Waals surface area contributed by atoms with E-state index in [1.807, 2.05) is 6.07 Å². The minimum atomic E-state index is 0.748. The molecular weight excluding hydrogens is 226 g/mol. The van der Waals surface area contributed by atoms with Crippen molar-refractivity contribution >= 4 is 0 Å². The van der Waals surface area contributed by atoms with Gasteiger partial charge in [-0.3, -0.25) is 4.90 Å². The van der Waals surface area contributed by atoms with Gasteiger partial charge in [-0.1, -0.05) is 13.0 Å². The van der Waals surface area contributed by atoms with Gasteiger partial charge in [-0.15, -0.1) is 0 Å². The third-order valence-corrected chi connectivity index (χ3v) is 3.80. The Morgan fingerprint density at radius 2 is 2.00 bits per heavy atom. The minimum Gasteiger partial charge on any atom is -0.493 e. The van der Waals surface area contributed by atoms with E-state index < -0.39 is 0 Å². The predicted molar refractivity (Wildman–Crippen MR) is 73.3 cm³/mol. The van der Waals surface area contributed by atoms with Crippen LogP contribution in [0.4, 0.5) is 0 Å². The lowest BCUT2D eigenvalue weighted by molar-refractivity contribution is 0.239. The normalized spacial score (nSPS) is 20.1. The van der Waals surface area contributed by atoms with E-state index >= 15 is 0 Å². The van der Waals surface area contributed by atoms with Crippen LogP contribution in [0.15, 0.2) is 18.2 Å². The molecular formula is C15H23NO2. The van der Waals surface area contributed by atoms with E-state index in [-0.39, 0.29) is 0 Å². The molecule has 0 unspecified atom stereocenters. The first-order valence-electron chi connectivity index (χ1n) is 6.73. The lowest BCUT2D eigenvalue weighted by Gasteiger charge is -2.23. The first kappa shape index (κ1) is 13.2. The molecule has 1 aromatic rings. The largest absolute Gasteiger partial charge is 0.493 e. The Morgan fingerprint density at radius 3 is 2.67 bits per heavy atom. The Bertz CT molecular complexity index is 392. The fraction of sp³-hybridized carbons (Fsp3) is 0.600. The molecule has 0 spiro atoms. The first-order chi connectivity index (χ1) is 8.78. The molecule has 100 valence electrons. The Labute approximate surface area is 110 Å². The predicted octanol–water partition coefficient (Wildman–Crippen LogP) is 3.08. The average Bonchev–Trinajstić information content (AvgIpc) is 2.85. The second-order valence-corrected chi connectivity index (χ2v) is 4.86. The number of nitrogens with zero attached hydrogens (tertiary/aromatic N) is 1. The molecule has 1 aliphatic heterocycles. The van der Waals surface area contributed by atoms with E-state index in [1.165, 1.54) is 31.4 Å². The summed E-state index contributed by atoms with van der Waals surface area (Å²) in [6.45, 7) is 4.50. The van der Waals surface area contributed by atoms with Gasteiger partial charge in [0.2, 0.25) is 0 Å². The van der Waals surface area contributed by atoms with Crippen LogP contribution in [-0.4, -0.2) is 31.7 Å². The topological polar surface area (TPSA) is 21.7 Å². The van der Waals surface area contributed by atoms with Gasteiger partial charge in [0.1, 0.15) is 0 Å². The van der Waals surface area contributed by atoms with Crippen molar-refractivity contribution in [1.29, 1.82) is 0 Å². The lowest BCUT2D eigenvalue weighted by Crippen LogP contribution is -2.28. The number of ether oxygens (including phenoxy) is 2. The fourth-order valence-corrected chi connectivity index (χ4v) is 2.78. The molecule has 0 saturated carbocycles. The molecule has 0 radical (unpaired) electrons. The first-order valence-corrected chi connectivity index (χ1v) is 6.73. The van der Waals surface area contributed by atoms with E-state index in [9.17, 15) is 0 Å². The van der Waals surface area contributed by atoms with Gasteiger partial charge < -0.3 is 9.47 Å². The van der Waals surface area contributed by atoms with E-state index in [4.69, 9.17) is 9.47 Å². The van der Waals surface area contributed by atoms with E-state index in [0.717, 1.165) is 24.1 Å². The summed E-state index contributed by atoms with van der Waals surface area (Å²) in [5.74, 6) is 1.62. The number of methoxy groups -OCH3 is 2. The minimum absolute atomic E-state index is 0.748. The van der Waals surface area contributed by atoms with Gasteiger partial charge in [0, 0.05) is 12.6 Å². The van der Waals surface area contributed by atoms with E-state index in [1.54, 1.807) is 14.2 Å². The van der Waals surface area contributed by atoms with Crippen LogP contribution in [0, 0.1) is 0 Å². The molecule has 1 saturated heterocycles. The van der Waals surface area contributed by atoms with E-state index in [0.29, 0.717) is 0 Å². The van der Waals surface area contributed by atoms with Crippen molar-refractivity contribution in [3.8, 4) is 11.5 Å². The summed E-state index contributed by atoms with van der Waals surface area (Å²) >= 11 is 0. The highest BCUT2D eigenvalue weighted by Gasteiger charge is 2.22. The highest BCUT2D eigenvalue weighted by Crippen LogP contribution is 2.29. The third kappa shape index (κ3) is 2.78. The van der Waals surface area contributed by atoms with Crippen LogP contribution in [0.25, 0.3) is 0 Å². The number of benzene rings is 1. The van der Waals surface area contributed by atoms with Gasteiger partial charge in [-0.25, -0.2) is 0 Å². The molecule has 0 aliphatic carbocycles. The highest BCUT2D eigenvalue weighted by atomic mass is 16.5. The number of rotatable bonds is 5. The maximum atomic E-state index is 5.35. The van der Waals surface area contributed by atoms with Crippen LogP contribution in [0.5, 0.6) is 11.5 Å². The maximum absolute atomic E-state index is 5.35. The Morgan fingerprint density at radius 1 is 1.22 bits per heavy atom. The number of likely N-dealkylation sites (tertiary alicyclic amines) is 1. The van der Waals surface area contributed by atoms with Crippen LogP contribution < -0.4 is 9.47 Å². The van der Waals surface area contributed by atoms with Gasteiger partial charge in [0.05, 0.1) is 14.2 Å². The van der Waals surface area contributed by atoms with Crippen molar-refractivity contribution in [3.63, 3.8) is 0 Å². The monoisotopic (exact) mass is 249 g/mol. The summed E-state index contributed by atoms with van der Waals surface area (Å²) in [5, 5.41) is 0. The SMILES string of the molecule is CC[C@@H]1CCCN1Cc1ccc(OC)c(OC)c1. The average molecular weight is 249 g/mol. The zero-order valence-corrected chi connectivity index (χ0v) is 11.6. The van der Waals surface area contributed by atoms with Crippen molar-refractivity contribution in [2.24, 2.45) is 0 Å². The van der Waals surface area contributed by atoms with Crippen LogP contribution >= 0.6 is 0 Å². The van der Waals surface area contributed by atoms with Crippen molar-refractivity contribution in [2.75, 3.05) is 20.8 Å². The summed E-state index contributed by atoms with van der Waals surface area (Å²) in [6, 6.07) is 6.96. The van der Waals surface area contributed by atoms with Gasteiger partial charge >= 0.3 is 0 Å². The van der Waals surface area contributed by atoms with Crippen molar-refractivity contribution in [1.82, 2.24) is 4.90 Å². The summed E-state index contributed by atoms with van der Waals surface area (Å²) in [4.78, 5) is 2.57. The van der Waals surface area contributed by atoms with Gasteiger partial charge in [0.25, 0.3) is 0 Å². The van der Waals surface area contributed by atoms with Crippen molar-refractivity contribution < 1.29 is 9.47 Å². The Balaban J connectivity index is 2.09. The van der Waals surface area contributed by atoms with E-state index in [2.05, 4.69) is 24.0 Å². The highest BCUT2D eigenvalue weighted by molar-refractivity contribution is 5.42. The second-order valence-electron chi connectivity index (χ2n) is 4.86. The van der Waals surface area contributed by atoms with Crippen LogP contribution in [-0.2, 0) is 6.54 Å². The molecule has 18 heavy (non-hydrogen) atoms. The fourth-order valence-electron chi connectivity index (χ4n) is 2.78. The Kier molecular flexibility index (Phi) is 4.48. The lowest BCUT2D eigenvalue weighted by atomic mass is 10.1. The zero-order chi connectivity index (χ0) is 13.0. The van der Waals surface area contributed by atoms with Crippen LogP contribution in [0.2, 0.25) is 0 Å². The summed E-state index contributed by atoms with van der Waals surface area (Å²) in [5.41, 5.74) is 1.30. The zero-order valence-electron chi connectivity index (χ0n) is 11.6. The molecule has 1 fully saturated rings. The van der Waals surface area contributed by atoms with Gasteiger partial charge in [-0.05, 0) is 43.5 Å². The van der Waals surface area contributed by atoms with Gasteiger partial charge in [-0.2, -0.15) is 0 Å². The molecule has 2 rings (SSSR count). The molecule has 1 aliphatic rings. The molecule has 0 amide bonds. The van der Waals surface area contributed by atoms with Crippen molar-refractivity contribution in [3.05, 3.63) is 23.8 Å². The van der Waals surface area contributed by atoms with Crippen molar-refractivity contribution in [2.45, 2.75) is 38.8 Å². The molecule has 0 bridgehead atoms. The quantitative estimate of drug-likeness (QED) is 0.800. The van der Waals surface area contributed by atoms with Crippen LogP contribution in [0.3, 0.4) is 0 Å². The standard InChI is InChI=1S/C15H23NO2/c1-4-13-6-5-9-16(13)11-12-7-8-14(17-2)15(10-12)18-3/h7-8,10,13H,4-6,9,11H2,1-3H3/t13-/m1/s1. The molecule has 0 N–H and O–H groups in total. The molecule has 1 atom stereocenters. The third-order valence-electron chi connectivity index (χ3n) is 3.80. The van der Waals surface area contributed by atoms with Crippen LogP contribution in [0.1, 0.15) is 31.7 Å². The molecule has 1 aromatic carbocycles. The molecule has 3 heteroatoms. The molecule has 3 nitrogen and oxygen atoms in total. The maximum Gasteiger partial charge on any atom is 0.161 e. The summed E-state index contributed by atoms with van der Waals surface area (Å²) in [7, 11) is 3.36. The second kappa shape index (κ2) is 6.10. The molecule has 0 aromatic heterocycles. The smallest absolute Gasteiger partial charge is 0.161 e. The molecule has 1 heterocycles.